The van der Waals surface area contributed by atoms with Crippen molar-refractivity contribution in [3.05, 3.63) is 0 Å². The molecule has 0 aromatic heterocycles. The van der Waals surface area contributed by atoms with Crippen molar-refractivity contribution in [2.75, 3.05) is 78.3 Å². The van der Waals surface area contributed by atoms with Crippen LogP contribution in [-0.4, -0.2) is 131 Å². The van der Waals surface area contributed by atoms with Gasteiger partial charge in [0.25, 0.3) is 0 Å². The van der Waals surface area contributed by atoms with E-state index in [1.807, 2.05) is 0 Å². The molecule has 0 aromatic carbocycles. The molecule has 0 radical (unpaired) electrons. The first-order valence-electron chi connectivity index (χ1n) is 8.82. The van der Waals surface area contributed by atoms with E-state index in [2.05, 4.69) is 0 Å². The van der Waals surface area contributed by atoms with Gasteiger partial charge in [0.15, 0.2) is 6.29 Å². The zero-order valence-corrected chi connectivity index (χ0v) is 16.5. The molecular formula is C15H27N4O8P. The molecule has 1 unspecified atom stereocenters. The minimum atomic E-state index is -2.67. The Kier molecular flexibility index (Phi) is 11.0. The Bertz CT molecular complexity index is 452. The average molecular weight is 422 g/mol. The second kappa shape index (κ2) is 12.7. The summed E-state index contributed by atoms with van der Waals surface area (Å²) in [5.41, 5.74) is 0. The molecule has 1 heterocycles. The van der Waals surface area contributed by atoms with Gasteiger partial charge in [0.05, 0.1) is 19.6 Å². The summed E-state index contributed by atoms with van der Waals surface area (Å²) in [6.07, 6.45) is -0.192. The van der Waals surface area contributed by atoms with Crippen LogP contribution in [0.1, 0.15) is 0 Å². The first-order chi connectivity index (χ1) is 13.2. The van der Waals surface area contributed by atoms with Crippen LogP contribution in [0.5, 0.6) is 0 Å². The highest BCUT2D eigenvalue weighted by atomic mass is 31.1. The Balaban J connectivity index is 2.90. The van der Waals surface area contributed by atoms with Gasteiger partial charge < -0.3 is 20.2 Å². The molecule has 1 saturated heterocycles. The largest absolute Gasteiger partial charge is 0.594 e. The smallest absolute Gasteiger partial charge is 0.324 e. The fraction of sp³-hybridized carbons (Fsp3) is 0.800. The Morgan fingerprint density at radius 3 is 1.11 bits per heavy atom. The molecule has 0 aromatic rings. The maximum Gasteiger partial charge on any atom is 0.324 e. The summed E-state index contributed by atoms with van der Waals surface area (Å²) in [6.45, 7) is 1.72. The van der Waals surface area contributed by atoms with Crippen LogP contribution >= 0.6 is 8.03 Å². The second-order valence-corrected chi connectivity index (χ2v) is 7.55. The van der Waals surface area contributed by atoms with E-state index >= 15 is 0 Å². The Morgan fingerprint density at radius 2 is 0.893 bits per heavy atom. The normalized spacial score (nSPS) is 20.1. The van der Waals surface area contributed by atoms with Gasteiger partial charge in [-0.3, -0.25) is 34.0 Å². The van der Waals surface area contributed by atoms with E-state index in [0.717, 1.165) is 0 Å². The van der Waals surface area contributed by atoms with Crippen LogP contribution in [0, 0.1) is 0 Å². The van der Waals surface area contributed by atoms with Gasteiger partial charge in [-0.05, 0) is 0 Å². The molecule has 160 valence electrons. The minimum absolute atomic E-state index is 0.192. The third-order valence-electron chi connectivity index (χ3n) is 4.32. The molecule has 0 saturated carbocycles. The summed E-state index contributed by atoms with van der Waals surface area (Å²) in [5, 5.41) is 27.2. The molecule has 1 atom stereocenters. The minimum Gasteiger partial charge on any atom is -0.594 e. The lowest BCUT2D eigenvalue weighted by atomic mass is 10.3. The number of nitrogens with zero attached hydrogens (tertiary/aromatic N) is 4. The van der Waals surface area contributed by atoms with Crippen molar-refractivity contribution < 1.29 is 39.2 Å². The second-order valence-electron chi connectivity index (χ2n) is 6.60. The van der Waals surface area contributed by atoms with Gasteiger partial charge in [0, 0.05) is 52.4 Å². The fourth-order valence-corrected chi connectivity index (χ4v) is 3.54. The van der Waals surface area contributed by atoms with Gasteiger partial charge in [0.2, 0.25) is 0 Å². The van der Waals surface area contributed by atoms with Crippen molar-refractivity contribution >= 4 is 25.9 Å². The Hall–Kier alpha value is -1.69. The van der Waals surface area contributed by atoms with Gasteiger partial charge in [-0.2, -0.15) is 0 Å². The van der Waals surface area contributed by atoms with E-state index in [0.29, 0.717) is 52.4 Å². The summed E-state index contributed by atoms with van der Waals surface area (Å²) < 4.78 is 11.1. The Labute approximate surface area is 163 Å². The predicted molar refractivity (Wildman–Crippen MR) is 96.3 cm³/mol. The lowest BCUT2D eigenvalue weighted by Gasteiger charge is -2.32. The molecule has 1 rings (SSSR count). The van der Waals surface area contributed by atoms with Gasteiger partial charge >= 0.3 is 25.9 Å². The number of rotatable bonds is 8. The van der Waals surface area contributed by atoms with Crippen LogP contribution in [0.25, 0.3) is 0 Å². The van der Waals surface area contributed by atoms with E-state index < -0.39 is 25.9 Å². The number of hydrogen-bond donors (Lipinski definition) is 3. The molecule has 12 nitrogen and oxygen atoms in total. The van der Waals surface area contributed by atoms with Crippen molar-refractivity contribution in [2.45, 2.75) is 0 Å². The number of carboxylic acid groups (broad SMARTS) is 3. The number of aliphatic carboxylic acids is 3. The van der Waals surface area contributed by atoms with Gasteiger partial charge in [0.1, 0.15) is 0 Å². The van der Waals surface area contributed by atoms with Crippen LogP contribution in [0.3, 0.4) is 0 Å². The first kappa shape index (κ1) is 24.3. The molecular weight excluding hydrogens is 395 g/mol. The zero-order valence-electron chi connectivity index (χ0n) is 15.6. The molecule has 0 spiro atoms. The molecule has 0 bridgehead atoms. The summed E-state index contributed by atoms with van der Waals surface area (Å²) >= 11 is 0. The van der Waals surface area contributed by atoms with Crippen molar-refractivity contribution in [2.24, 2.45) is 0 Å². The molecule has 0 aliphatic carbocycles. The number of hydrogen-bond acceptors (Lipinski definition) is 9. The molecule has 13 heteroatoms. The van der Waals surface area contributed by atoms with E-state index in [1.54, 1.807) is 19.6 Å². The summed E-state index contributed by atoms with van der Waals surface area (Å²) in [7, 11) is -2.67. The van der Waals surface area contributed by atoms with E-state index in [-0.39, 0.29) is 25.9 Å². The maximum atomic E-state index is 11.1. The highest BCUT2D eigenvalue weighted by Crippen LogP contribution is 2.10. The molecule has 0 amide bonds. The SMILES string of the molecule is O=C(O)CN1CCN(CC(=O)O)CCN(C[P+](=O)[O-])CCN(CC(=O)O)CC1. The molecule has 28 heavy (non-hydrogen) atoms. The molecule has 1 fully saturated rings. The van der Waals surface area contributed by atoms with Gasteiger partial charge in [-0.1, -0.05) is 4.57 Å². The third-order valence-corrected chi connectivity index (χ3v) is 4.95. The highest BCUT2D eigenvalue weighted by molar-refractivity contribution is 7.36. The maximum absolute atomic E-state index is 11.1. The van der Waals surface area contributed by atoms with Gasteiger partial charge in [-0.25, -0.2) is 0 Å². The first-order valence-corrected chi connectivity index (χ1v) is 10.2. The quantitative estimate of drug-likeness (QED) is 0.353. The van der Waals surface area contributed by atoms with E-state index in [4.69, 9.17) is 15.3 Å². The molecule has 1 aliphatic rings. The van der Waals surface area contributed by atoms with Crippen molar-refractivity contribution in [1.82, 2.24) is 19.6 Å². The van der Waals surface area contributed by atoms with Crippen molar-refractivity contribution in [1.29, 1.82) is 0 Å². The van der Waals surface area contributed by atoms with Gasteiger partial charge in [-0.15, -0.1) is 0 Å². The lowest BCUT2D eigenvalue weighted by molar-refractivity contribution is -0.166. The molecule has 3 N–H and O–H groups in total. The lowest BCUT2D eigenvalue weighted by Crippen LogP contribution is -2.48. The average Bonchev–Trinajstić information content (AvgIpc) is 2.55. The van der Waals surface area contributed by atoms with Crippen molar-refractivity contribution in [3.8, 4) is 0 Å². The van der Waals surface area contributed by atoms with Crippen LogP contribution < -0.4 is 4.89 Å². The topological polar surface area (TPSA) is 165 Å². The Morgan fingerprint density at radius 1 is 0.643 bits per heavy atom. The van der Waals surface area contributed by atoms with Crippen LogP contribution in [0.4, 0.5) is 0 Å². The summed E-state index contributed by atoms with van der Waals surface area (Å²) in [5.74, 6) is -3.07. The van der Waals surface area contributed by atoms with Crippen molar-refractivity contribution in [3.63, 3.8) is 0 Å². The zero-order chi connectivity index (χ0) is 21.1. The summed E-state index contributed by atoms with van der Waals surface area (Å²) in [4.78, 5) is 50.9. The highest BCUT2D eigenvalue weighted by Gasteiger charge is 2.21. The monoisotopic (exact) mass is 422 g/mol. The fourth-order valence-electron chi connectivity index (χ4n) is 2.93. The predicted octanol–water partition coefficient (Wildman–Crippen LogP) is -2.48. The number of carbonyl (C=O) groups is 3. The van der Waals surface area contributed by atoms with Crippen LogP contribution in [-0.2, 0) is 18.9 Å². The number of carboxylic acids is 3. The van der Waals surface area contributed by atoms with Crippen LogP contribution in [0.2, 0.25) is 0 Å². The van der Waals surface area contributed by atoms with E-state index in [9.17, 15) is 23.8 Å². The third kappa shape index (κ3) is 11.2. The van der Waals surface area contributed by atoms with E-state index in [1.165, 1.54) is 0 Å². The molecule has 1 aliphatic heterocycles. The standard InChI is InChI=1S/C15H27N4O8P/c20-13(21)9-16-1-3-17(10-14(22)23)5-7-19(12-28(26)27)8-6-18(4-2-16)11-15(24)25/h1-12H2,(H,20,21)(H,22,23)(H,24,25). The summed E-state index contributed by atoms with van der Waals surface area (Å²) in [6, 6.07) is 0. The van der Waals surface area contributed by atoms with Crippen LogP contribution in [0.15, 0.2) is 0 Å².